The number of hydrogen-bond acceptors (Lipinski definition) is 5. The van der Waals surface area contributed by atoms with Crippen molar-refractivity contribution in [3.63, 3.8) is 0 Å². The van der Waals surface area contributed by atoms with Crippen molar-refractivity contribution in [1.82, 2.24) is 10.1 Å². The molecule has 9 heteroatoms. The summed E-state index contributed by atoms with van der Waals surface area (Å²) in [4.78, 5) is 14.5. The zero-order valence-electron chi connectivity index (χ0n) is 13.1. The number of carbonyl (C=O) groups excluding carboxylic acids is 1. The number of amides is 1. The summed E-state index contributed by atoms with van der Waals surface area (Å²) >= 11 is 0. The van der Waals surface area contributed by atoms with E-state index in [9.17, 15) is 18.0 Å². The maximum atomic E-state index is 12.5. The molecule has 0 aromatic carbocycles. The molecule has 1 amide bonds. The Hall–Kier alpha value is -1.61. The van der Waals surface area contributed by atoms with Crippen LogP contribution >= 0.6 is 0 Å². The van der Waals surface area contributed by atoms with E-state index in [1.54, 1.807) is 0 Å². The minimum atomic E-state index is -4.59. The highest BCUT2D eigenvalue weighted by Crippen LogP contribution is 2.30. The molecule has 0 aliphatic carbocycles. The smallest absolute Gasteiger partial charge is 0.381 e. The van der Waals surface area contributed by atoms with E-state index in [0.29, 0.717) is 18.4 Å². The molecule has 1 N–H and O–H groups in total. The van der Waals surface area contributed by atoms with Crippen molar-refractivity contribution >= 4 is 11.8 Å². The Labute approximate surface area is 137 Å². The summed E-state index contributed by atoms with van der Waals surface area (Å²) in [7, 11) is 0. The van der Waals surface area contributed by atoms with Gasteiger partial charge in [-0.3, -0.25) is 15.0 Å². The highest BCUT2D eigenvalue weighted by molar-refractivity contribution is 5.93. The van der Waals surface area contributed by atoms with Crippen LogP contribution in [-0.4, -0.2) is 48.3 Å². The van der Waals surface area contributed by atoms with Gasteiger partial charge in [0.05, 0.1) is 6.04 Å². The third kappa shape index (κ3) is 4.07. The van der Waals surface area contributed by atoms with Crippen molar-refractivity contribution in [3.8, 4) is 0 Å². The molecule has 2 fully saturated rings. The van der Waals surface area contributed by atoms with Crippen molar-refractivity contribution in [1.29, 1.82) is 0 Å². The van der Waals surface area contributed by atoms with Gasteiger partial charge in [-0.1, -0.05) is 5.16 Å². The van der Waals surface area contributed by atoms with Gasteiger partial charge < -0.3 is 9.26 Å². The lowest BCUT2D eigenvalue weighted by Crippen LogP contribution is -2.42. The Kier molecular flexibility index (Phi) is 5.09. The second-order valence-electron chi connectivity index (χ2n) is 6.27. The number of ether oxygens (including phenoxy) is 1. The zero-order chi connectivity index (χ0) is 17.2. The minimum absolute atomic E-state index is 0.273. The van der Waals surface area contributed by atoms with E-state index in [2.05, 4.69) is 19.9 Å². The molecule has 1 aromatic heterocycles. The number of alkyl halides is 3. The normalized spacial score (nSPS) is 23.5. The first-order valence-electron chi connectivity index (χ1n) is 8.10. The predicted octanol–water partition coefficient (Wildman–Crippen LogP) is 2.52. The van der Waals surface area contributed by atoms with Crippen molar-refractivity contribution in [2.45, 2.75) is 37.9 Å². The standard InChI is InChI=1S/C15H20F3N3O3/c16-15(17,18)12-8-13(24-20-12)19-14(22)11-2-1-5-21(11)9-10-3-6-23-7-4-10/h8,10-11H,1-7,9H2,(H,19,22). The van der Waals surface area contributed by atoms with Crippen molar-refractivity contribution in [2.24, 2.45) is 5.92 Å². The highest BCUT2D eigenvalue weighted by atomic mass is 19.4. The zero-order valence-corrected chi connectivity index (χ0v) is 13.1. The topological polar surface area (TPSA) is 67.6 Å². The van der Waals surface area contributed by atoms with Crippen molar-refractivity contribution < 1.29 is 27.2 Å². The fourth-order valence-electron chi connectivity index (χ4n) is 3.27. The van der Waals surface area contributed by atoms with E-state index < -0.39 is 11.9 Å². The fraction of sp³-hybridized carbons (Fsp3) is 0.733. The first-order valence-corrected chi connectivity index (χ1v) is 8.10. The summed E-state index contributed by atoms with van der Waals surface area (Å²) in [5, 5.41) is 5.35. The second-order valence-corrected chi connectivity index (χ2v) is 6.27. The van der Waals surface area contributed by atoms with Gasteiger partial charge in [0.2, 0.25) is 11.8 Å². The number of nitrogens with one attached hydrogen (secondary N) is 1. The highest BCUT2D eigenvalue weighted by Gasteiger charge is 2.36. The van der Waals surface area contributed by atoms with E-state index >= 15 is 0 Å². The molecule has 0 spiro atoms. The average molecular weight is 347 g/mol. The molecule has 3 heterocycles. The van der Waals surface area contributed by atoms with Gasteiger partial charge in [0.15, 0.2) is 5.69 Å². The summed E-state index contributed by atoms with van der Waals surface area (Å²) in [6, 6.07) is 0.364. The van der Waals surface area contributed by atoms with Gasteiger partial charge in [0.25, 0.3) is 0 Å². The van der Waals surface area contributed by atoms with Gasteiger partial charge in [0.1, 0.15) is 0 Å². The number of hydrogen-bond donors (Lipinski definition) is 1. The van der Waals surface area contributed by atoms with Gasteiger partial charge in [0, 0.05) is 25.8 Å². The molecule has 2 aliphatic rings. The van der Waals surface area contributed by atoms with Gasteiger partial charge in [-0.25, -0.2) is 0 Å². The molecule has 1 aromatic rings. The summed E-state index contributed by atoms with van der Waals surface area (Å²) in [6.45, 7) is 3.12. The SMILES string of the molecule is O=C(Nc1cc(C(F)(F)F)no1)C1CCCN1CC1CCOCC1. The van der Waals surface area contributed by atoms with Crippen LogP contribution in [0, 0.1) is 5.92 Å². The molecule has 2 aliphatic heterocycles. The van der Waals surface area contributed by atoms with Crippen LogP contribution in [0.2, 0.25) is 0 Å². The van der Waals surface area contributed by atoms with Crippen LogP contribution in [0.5, 0.6) is 0 Å². The largest absolute Gasteiger partial charge is 0.436 e. The van der Waals surface area contributed by atoms with Crippen LogP contribution in [0.25, 0.3) is 0 Å². The van der Waals surface area contributed by atoms with Crippen LogP contribution in [0.4, 0.5) is 19.1 Å². The minimum Gasteiger partial charge on any atom is -0.381 e. The average Bonchev–Trinajstić information content (AvgIpc) is 3.17. The van der Waals surface area contributed by atoms with Crippen LogP contribution in [-0.2, 0) is 15.7 Å². The first kappa shape index (κ1) is 17.2. The Morgan fingerprint density at radius 3 is 2.75 bits per heavy atom. The number of anilines is 1. The third-order valence-electron chi connectivity index (χ3n) is 4.55. The molecule has 24 heavy (non-hydrogen) atoms. The lowest BCUT2D eigenvalue weighted by atomic mass is 9.99. The number of likely N-dealkylation sites (tertiary alicyclic amines) is 1. The molecular weight excluding hydrogens is 327 g/mol. The van der Waals surface area contributed by atoms with Gasteiger partial charge in [-0.15, -0.1) is 0 Å². The maximum absolute atomic E-state index is 12.5. The maximum Gasteiger partial charge on any atom is 0.436 e. The first-order chi connectivity index (χ1) is 11.4. The molecule has 2 saturated heterocycles. The van der Waals surface area contributed by atoms with Crippen LogP contribution < -0.4 is 5.32 Å². The number of carbonyl (C=O) groups is 1. The van der Waals surface area contributed by atoms with E-state index in [1.807, 2.05) is 0 Å². The van der Waals surface area contributed by atoms with E-state index in [-0.39, 0.29) is 17.8 Å². The summed E-state index contributed by atoms with van der Waals surface area (Å²) in [5.74, 6) is -0.121. The lowest BCUT2D eigenvalue weighted by Gasteiger charge is -2.30. The quantitative estimate of drug-likeness (QED) is 0.907. The fourth-order valence-corrected chi connectivity index (χ4v) is 3.27. The summed E-state index contributed by atoms with van der Waals surface area (Å²) in [5.41, 5.74) is -1.15. The molecule has 6 nitrogen and oxygen atoms in total. The van der Waals surface area contributed by atoms with Crippen LogP contribution in [0.15, 0.2) is 10.6 Å². The van der Waals surface area contributed by atoms with Crippen molar-refractivity contribution in [3.05, 3.63) is 11.8 Å². The monoisotopic (exact) mass is 347 g/mol. The Bertz CT molecular complexity index is 570. The summed E-state index contributed by atoms with van der Waals surface area (Å²) < 4.78 is 47.4. The summed E-state index contributed by atoms with van der Waals surface area (Å²) in [6.07, 6.45) is -1.06. The molecule has 0 bridgehead atoms. The number of nitrogens with zero attached hydrogens (tertiary/aromatic N) is 2. The van der Waals surface area contributed by atoms with Gasteiger partial charge in [-0.2, -0.15) is 13.2 Å². The van der Waals surface area contributed by atoms with E-state index in [4.69, 9.17) is 4.74 Å². The molecule has 134 valence electrons. The molecule has 1 unspecified atom stereocenters. The lowest BCUT2D eigenvalue weighted by molar-refractivity contribution is -0.142. The molecule has 3 rings (SSSR count). The molecular formula is C15H20F3N3O3. The number of rotatable bonds is 4. The molecule has 0 saturated carbocycles. The molecule has 0 radical (unpaired) electrons. The van der Waals surface area contributed by atoms with Gasteiger partial charge >= 0.3 is 6.18 Å². The predicted molar refractivity (Wildman–Crippen MR) is 78.3 cm³/mol. The van der Waals surface area contributed by atoms with E-state index in [0.717, 1.165) is 45.6 Å². The van der Waals surface area contributed by atoms with Crippen molar-refractivity contribution in [2.75, 3.05) is 31.6 Å². The Balaban J connectivity index is 1.58. The second kappa shape index (κ2) is 7.10. The van der Waals surface area contributed by atoms with Gasteiger partial charge in [-0.05, 0) is 38.1 Å². The van der Waals surface area contributed by atoms with Crippen LogP contribution in [0.1, 0.15) is 31.4 Å². The van der Waals surface area contributed by atoms with Crippen LogP contribution in [0.3, 0.4) is 0 Å². The van der Waals surface area contributed by atoms with E-state index in [1.165, 1.54) is 0 Å². The number of halogens is 3. The Morgan fingerprint density at radius 2 is 2.08 bits per heavy atom. The number of aromatic nitrogens is 1. The third-order valence-corrected chi connectivity index (χ3v) is 4.55. The Morgan fingerprint density at radius 1 is 1.33 bits per heavy atom. The molecule has 1 atom stereocenters.